The van der Waals surface area contributed by atoms with Crippen LogP contribution in [-0.2, 0) is 0 Å². The molecule has 2 heteroatoms. The van der Waals surface area contributed by atoms with Gasteiger partial charge in [0.1, 0.15) is 0 Å². The molecule has 1 fully saturated rings. The molecule has 2 atom stereocenters. The van der Waals surface area contributed by atoms with E-state index >= 15 is 0 Å². The Labute approximate surface area is 82.0 Å². The van der Waals surface area contributed by atoms with E-state index in [4.69, 9.17) is 0 Å². The summed E-state index contributed by atoms with van der Waals surface area (Å²) in [6.45, 7) is 3.79. The normalized spacial score (nSPS) is 26.8. The van der Waals surface area contributed by atoms with Gasteiger partial charge in [-0.1, -0.05) is 22.0 Å². The van der Waals surface area contributed by atoms with Gasteiger partial charge in [0.05, 0.1) is 0 Å². The standard InChI is InChI=1S/C9H15BrS/c1-2-3-8(6-10)9-4-5-11-7-9/h2,8-9H,1,3-7H2. The maximum atomic E-state index is 3.79. The first-order chi connectivity index (χ1) is 5.38. The number of halogens is 1. The van der Waals surface area contributed by atoms with E-state index in [0.717, 1.165) is 17.2 Å². The molecule has 0 saturated carbocycles. The summed E-state index contributed by atoms with van der Waals surface area (Å²) in [5.74, 6) is 4.51. The van der Waals surface area contributed by atoms with Gasteiger partial charge in [0, 0.05) is 5.33 Å². The molecule has 0 nitrogen and oxygen atoms in total. The zero-order chi connectivity index (χ0) is 8.10. The molecule has 11 heavy (non-hydrogen) atoms. The lowest BCUT2D eigenvalue weighted by atomic mass is 9.91. The maximum absolute atomic E-state index is 3.79. The van der Waals surface area contributed by atoms with E-state index in [1.165, 1.54) is 24.3 Å². The first kappa shape index (κ1) is 9.66. The van der Waals surface area contributed by atoms with Crippen LogP contribution in [0.3, 0.4) is 0 Å². The van der Waals surface area contributed by atoms with Crippen LogP contribution in [0.4, 0.5) is 0 Å². The number of alkyl halides is 1. The summed E-state index contributed by atoms with van der Waals surface area (Å²) in [7, 11) is 0. The van der Waals surface area contributed by atoms with E-state index < -0.39 is 0 Å². The van der Waals surface area contributed by atoms with Crippen LogP contribution in [-0.4, -0.2) is 16.8 Å². The van der Waals surface area contributed by atoms with Crippen molar-refractivity contribution in [2.75, 3.05) is 16.8 Å². The number of thioether (sulfide) groups is 1. The van der Waals surface area contributed by atoms with Gasteiger partial charge in [-0.15, -0.1) is 6.58 Å². The van der Waals surface area contributed by atoms with Crippen molar-refractivity contribution in [2.24, 2.45) is 11.8 Å². The first-order valence-corrected chi connectivity index (χ1v) is 6.40. The second kappa shape index (κ2) is 5.26. The van der Waals surface area contributed by atoms with Crippen LogP contribution in [0, 0.1) is 11.8 Å². The Bertz CT molecular complexity index is 119. The quantitative estimate of drug-likeness (QED) is 0.532. The van der Waals surface area contributed by atoms with Crippen LogP contribution in [0.25, 0.3) is 0 Å². The van der Waals surface area contributed by atoms with Gasteiger partial charge in [-0.25, -0.2) is 0 Å². The van der Waals surface area contributed by atoms with Gasteiger partial charge in [-0.3, -0.25) is 0 Å². The predicted octanol–water partition coefficient (Wildman–Crippen LogP) is 3.33. The summed E-state index contributed by atoms with van der Waals surface area (Å²) >= 11 is 5.67. The zero-order valence-corrected chi connectivity index (χ0v) is 9.16. The molecular formula is C9H15BrS. The molecule has 0 radical (unpaired) electrons. The summed E-state index contributed by atoms with van der Waals surface area (Å²) in [4.78, 5) is 0. The van der Waals surface area contributed by atoms with Crippen molar-refractivity contribution in [1.82, 2.24) is 0 Å². The fourth-order valence-corrected chi connectivity index (χ4v) is 3.69. The Morgan fingerprint density at radius 1 is 1.73 bits per heavy atom. The molecule has 0 bridgehead atoms. The summed E-state index contributed by atoms with van der Waals surface area (Å²) < 4.78 is 0. The molecule has 0 spiro atoms. The highest BCUT2D eigenvalue weighted by Crippen LogP contribution is 2.32. The number of allylic oxidation sites excluding steroid dienone is 1. The average molecular weight is 235 g/mol. The number of rotatable bonds is 4. The van der Waals surface area contributed by atoms with Crippen LogP contribution in [0.1, 0.15) is 12.8 Å². The molecule has 1 rings (SSSR count). The van der Waals surface area contributed by atoms with Gasteiger partial charge in [-0.05, 0) is 36.2 Å². The van der Waals surface area contributed by atoms with Crippen molar-refractivity contribution >= 4 is 27.7 Å². The average Bonchev–Trinajstić information content (AvgIpc) is 2.52. The second-order valence-electron chi connectivity index (χ2n) is 3.06. The first-order valence-electron chi connectivity index (χ1n) is 4.13. The Balaban J connectivity index is 2.33. The van der Waals surface area contributed by atoms with Crippen molar-refractivity contribution in [3.05, 3.63) is 12.7 Å². The molecule has 0 aromatic heterocycles. The lowest BCUT2D eigenvalue weighted by molar-refractivity contribution is 0.409. The van der Waals surface area contributed by atoms with Gasteiger partial charge in [0.15, 0.2) is 0 Å². The van der Waals surface area contributed by atoms with Gasteiger partial charge >= 0.3 is 0 Å². The molecule has 1 aliphatic heterocycles. The number of hydrogen-bond acceptors (Lipinski definition) is 1. The summed E-state index contributed by atoms with van der Waals surface area (Å²) in [6, 6.07) is 0. The topological polar surface area (TPSA) is 0 Å². The van der Waals surface area contributed by atoms with E-state index in [-0.39, 0.29) is 0 Å². The minimum Gasteiger partial charge on any atom is -0.162 e. The molecule has 1 saturated heterocycles. The lowest BCUT2D eigenvalue weighted by Crippen LogP contribution is -2.14. The van der Waals surface area contributed by atoms with Gasteiger partial charge < -0.3 is 0 Å². The van der Waals surface area contributed by atoms with E-state index in [9.17, 15) is 0 Å². The fourth-order valence-electron chi connectivity index (χ4n) is 1.52. The Morgan fingerprint density at radius 2 is 2.55 bits per heavy atom. The molecule has 64 valence electrons. The SMILES string of the molecule is C=CCC(CBr)C1CCSC1. The summed E-state index contributed by atoms with van der Waals surface area (Å²) in [5.41, 5.74) is 0. The number of hydrogen-bond donors (Lipinski definition) is 0. The molecule has 0 N–H and O–H groups in total. The molecule has 0 aromatic carbocycles. The molecule has 1 aliphatic rings. The van der Waals surface area contributed by atoms with Crippen molar-refractivity contribution in [2.45, 2.75) is 12.8 Å². The molecule has 0 amide bonds. The van der Waals surface area contributed by atoms with Crippen LogP contribution < -0.4 is 0 Å². The van der Waals surface area contributed by atoms with Gasteiger partial charge in [0.25, 0.3) is 0 Å². The van der Waals surface area contributed by atoms with E-state index in [1.54, 1.807) is 0 Å². The fraction of sp³-hybridized carbons (Fsp3) is 0.778. The zero-order valence-electron chi connectivity index (χ0n) is 6.76. The highest BCUT2D eigenvalue weighted by atomic mass is 79.9. The molecule has 2 unspecified atom stereocenters. The van der Waals surface area contributed by atoms with Crippen LogP contribution in [0.15, 0.2) is 12.7 Å². The summed E-state index contributed by atoms with van der Waals surface area (Å²) in [6.07, 6.45) is 4.64. The predicted molar refractivity (Wildman–Crippen MR) is 57.5 cm³/mol. The van der Waals surface area contributed by atoms with Gasteiger partial charge in [0.2, 0.25) is 0 Å². The Morgan fingerprint density at radius 3 is 3.00 bits per heavy atom. The van der Waals surface area contributed by atoms with E-state index in [2.05, 4.69) is 40.3 Å². The minimum absolute atomic E-state index is 0.836. The van der Waals surface area contributed by atoms with Crippen molar-refractivity contribution < 1.29 is 0 Å². The third-order valence-corrected chi connectivity index (χ3v) is 4.32. The van der Waals surface area contributed by atoms with E-state index in [0.29, 0.717) is 0 Å². The largest absolute Gasteiger partial charge is 0.162 e. The van der Waals surface area contributed by atoms with Crippen LogP contribution in [0.5, 0.6) is 0 Å². The smallest absolute Gasteiger partial charge is 0.00655 e. The molecule has 0 aliphatic carbocycles. The van der Waals surface area contributed by atoms with Crippen molar-refractivity contribution in [1.29, 1.82) is 0 Å². The Kier molecular flexibility index (Phi) is 4.61. The summed E-state index contributed by atoms with van der Waals surface area (Å²) in [5, 5.41) is 1.14. The Hall–Kier alpha value is 0.570. The van der Waals surface area contributed by atoms with Crippen molar-refractivity contribution in [3.8, 4) is 0 Å². The molecular weight excluding hydrogens is 220 g/mol. The third-order valence-electron chi connectivity index (χ3n) is 2.30. The van der Waals surface area contributed by atoms with Gasteiger partial charge in [-0.2, -0.15) is 11.8 Å². The van der Waals surface area contributed by atoms with Crippen LogP contribution >= 0.6 is 27.7 Å². The third kappa shape index (κ3) is 2.83. The minimum atomic E-state index is 0.836. The van der Waals surface area contributed by atoms with Crippen LogP contribution in [0.2, 0.25) is 0 Å². The highest BCUT2D eigenvalue weighted by Gasteiger charge is 2.23. The molecule has 1 heterocycles. The monoisotopic (exact) mass is 234 g/mol. The van der Waals surface area contributed by atoms with E-state index in [1.807, 2.05) is 0 Å². The second-order valence-corrected chi connectivity index (χ2v) is 4.86. The maximum Gasteiger partial charge on any atom is 0.00655 e. The lowest BCUT2D eigenvalue weighted by Gasteiger charge is -2.18. The molecule has 0 aromatic rings. The van der Waals surface area contributed by atoms with Crippen molar-refractivity contribution in [3.63, 3.8) is 0 Å². The highest BCUT2D eigenvalue weighted by molar-refractivity contribution is 9.09.